The number of rotatable bonds is 6. The van der Waals surface area contributed by atoms with Crippen molar-refractivity contribution in [2.75, 3.05) is 12.9 Å². The van der Waals surface area contributed by atoms with E-state index in [-0.39, 0.29) is 28.7 Å². The Kier molecular flexibility index (Phi) is 5.53. The lowest BCUT2D eigenvalue weighted by atomic mass is 9.95. The van der Waals surface area contributed by atoms with Crippen molar-refractivity contribution in [3.05, 3.63) is 46.3 Å². The van der Waals surface area contributed by atoms with Gasteiger partial charge in [-0.05, 0) is 43.1 Å². The SMILES string of the molecule is CCOC(=O)c1noc(C2CC2)c1C(=O)c1ccc([S+](C)[O-])cc1C(F)(F)F. The molecule has 1 aromatic carbocycles. The second-order valence-electron chi connectivity index (χ2n) is 6.25. The first kappa shape index (κ1) is 20.4. The van der Waals surface area contributed by atoms with Crippen LogP contribution < -0.4 is 0 Å². The zero-order valence-electron chi connectivity index (χ0n) is 15.0. The Balaban J connectivity index is 2.14. The molecule has 3 rings (SSSR count). The summed E-state index contributed by atoms with van der Waals surface area (Å²) in [6.45, 7) is 1.55. The first-order valence-corrected chi connectivity index (χ1v) is 9.97. The van der Waals surface area contributed by atoms with Crippen molar-refractivity contribution in [1.82, 2.24) is 5.16 Å². The number of hydrogen-bond acceptors (Lipinski definition) is 6. The number of esters is 1. The van der Waals surface area contributed by atoms with Crippen LogP contribution >= 0.6 is 0 Å². The van der Waals surface area contributed by atoms with Crippen LogP contribution in [0.25, 0.3) is 0 Å². The number of aromatic nitrogens is 1. The number of ether oxygens (including phenoxy) is 1. The van der Waals surface area contributed by atoms with Gasteiger partial charge in [-0.25, -0.2) is 4.79 Å². The fourth-order valence-corrected chi connectivity index (χ4v) is 3.30. The van der Waals surface area contributed by atoms with E-state index in [1.807, 2.05) is 0 Å². The lowest BCUT2D eigenvalue weighted by Gasteiger charge is -2.14. The fourth-order valence-electron chi connectivity index (χ4n) is 2.75. The van der Waals surface area contributed by atoms with E-state index in [1.165, 1.54) is 12.3 Å². The van der Waals surface area contributed by atoms with E-state index >= 15 is 0 Å². The van der Waals surface area contributed by atoms with Crippen molar-refractivity contribution in [2.24, 2.45) is 0 Å². The molecule has 1 heterocycles. The van der Waals surface area contributed by atoms with Crippen molar-refractivity contribution in [3.63, 3.8) is 0 Å². The van der Waals surface area contributed by atoms with Gasteiger partial charge in [0.25, 0.3) is 0 Å². The minimum Gasteiger partial charge on any atom is -0.612 e. The second-order valence-corrected chi connectivity index (χ2v) is 7.63. The molecule has 1 aliphatic carbocycles. The highest BCUT2D eigenvalue weighted by molar-refractivity contribution is 7.90. The molecule has 1 atom stereocenters. The van der Waals surface area contributed by atoms with Crippen molar-refractivity contribution in [2.45, 2.75) is 36.8 Å². The summed E-state index contributed by atoms with van der Waals surface area (Å²) in [5.74, 6) is -2.07. The topological polar surface area (TPSA) is 92.5 Å². The highest BCUT2D eigenvalue weighted by atomic mass is 32.2. The quantitative estimate of drug-likeness (QED) is 0.406. The predicted octanol–water partition coefficient (Wildman–Crippen LogP) is 3.72. The van der Waals surface area contributed by atoms with Gasteiger partial charge in [-0.15, -0.1) is 0 Å². The molecule has 0 N–H and O–H groups in total. The Bertz CT molecular complexity index is 918. The minimum atomic E-state index is -4.86. The number of alkyl halides is 3. The van der Waals surface area contributed by atoms with E-state index < -0.39 is 45.9 Å². The van der Waals surface area contributed by atoms with Gasteiger partial charge in [-0.3, -0.25) is 4.79 Å². The van der Waals surface area contributed by atoms with E-state index in [0.717, 1.165) is 6.07 Å². The molecule has 10 heteroatoms. The molecule has 1 aromatic heterocycles. The van der Waals surface area contributed by atoms with Crippen molar-refractivity contribution in [3.8, 4) is 0 Å². The van der Waals surface area contributed by atoms with Crippen molar-refractivity contribution < 1.29 is 36.6 Å². The molecule has 0 aliphatic heterocycles. The van der Waals surface area contributed by atoms with Gasteiger partial charge in [-0.2, -0.15) is 13.2 Å². The highest BCUT2D eigenvalue weighted by Crippen LogP contribution is 2.44. The summed E-state index contributed by atoms with van der Waals surface area (Å²) in [5.41, 5.74) is -2.65. The molecule has 0 amide bonds. The summed E-state index contributed by atoms with van der Waals surface area (Å²) in [5, 5.41) is 3.58. The van der Waals surface area contributed by atoms with E-state index in [9.17, 15) is 27.3 Å². The van der Waals surface area contributed by atoms with Gasteiger partial charge in [0.05, 0.1) is 12.2 Å². The van der Waals surface area contributed by atoms with E-state index in [2.05, 4.69) is 5.16 Å². The van der Waals surface area contributed by atoms with Gasteiger partial charge in [0.2, 0.25) is 5.69 Å². The summed E-state index contributed by atoms with van der Waals surface area (Å²) in [7, 11) is 0. The smallest absolute Gasteiger partial charge is 0.417 e. The van der Waals surface area contributed by atoms with Crippen LogP contribution in [0.3, 0.4) is 0 Å². The molecule has 1 aliphatic rings. The van der Waals surface area contributed by atoms with Crippen LogP contribution in [0.2, 0.25) is 0 Å². The summed E-state index contributed by atoms with van der Waals surface area (Å²) >= 11 is -1.66. The third-order valence-electron chi connectivity index (χ3n) is 4.24. The molecule has 0 bridgehead atoms. The van der Waals surface area contributed by atoms with Crippen LogP contribution in [-0.4, -0.2) is 34.3 Å². The summed E-state index contributed by atoms with van der Waals surface area (Å²) in [6, 6.07) is 2.82. The first-order valence-electron chi connectivity index (χ1n) is 8.41. The fraction of sp³-hybridized carbons (Fsp3) is 0.389. The van der Waals surface area contributed by atoms with E-state index in [1.54, 1.807) is 6.92 Å². The average Bonchev–Trinajstić information content (AvgIpc) is 3.38. The van der Waals surface area contributed by atoms with Gasteiger partial charge in [0.1, 0.15) is 11.8 Å². The van der Waals surface area contributed by atoms with E-state index in [4.69, 9.17) is 9.26 Å². The molecule has 0 saturated heterocycles. The molecule has 0 radical (unpaired) electrons. The van der Waals surface area contributed by atoms with Gasteiger partial charge < -0.3 is 13.8 Å². The largest absolute Gasteiger partial charge is 0.612 e. The maximum Gasteiger partial charge on any atom is 0.417 e. The Hall–Kier alpha value is -2.33. The van der Waals surface area contributed by atoms with Gasteiger partial charge in [0, 0.05) is 17.5 Å². The number of ketones is 1. The van der Waals surface area contributed by atoms with Crippen LogP contribution in [0.4, 0.5) is 13.2 Å². The van der Waals surface area contributed by atoms with Crippen LogP contribution in [0.1, 0.15) is 63.4 Å². The van der Waals surface area contributed by atoms with Crippen LogP contribution in [0, 0.1) is 0 Å². The zero-order valence-corrected chi connectivity index (χ0v) is 15.8. The summed E-state index contributed by atoms with van der Waals surface area (Å²) < 4.78 is 62.2. The number of hydrogen-bond donors (Lipinski definition) is 0. The lowest BCUT2D eigenvalue weighted by molar-refractivity contribution is -0.138. The second kappa shape index (κ2) is 7.59. The molecule has 2 aromatic rings. The average molecular weight is 415 g/mol. The Morgan fingerprint density at radius 2 is 2.04 bits per heavy atom. The first-order chi connectivity index (χ1) is 13.1. The normalized spacial score (nSPS) is 15.4. The van der Waals surface area contributed by atoms with Crippen LogP contribution in [-0.2, 0) is 22.1 Å². The number of carbonyl (C=O) groups is 2. The zero-order chi connectivity index (χ0) is 20.6. The molecule has 6 nitrogen and oxygen atoms in total. The highest BCUT2D eigenvalue weighted by Gasteiger charge is 2.41. The maximum atomic E-state index is 13.6. The molecule has 150 valence electrons. The third kappa shape index (κ3) is 3.93. The Labute approximate surface area is 161 Å². The predicted molar refractivity (Wildman–Crippen MR) is 91.6 cm³/mol. The third-order valence-corrected chi connectivity index (χ3v) is 5.15. The maximum absolute atomic E-state index is 13.6. The minimum absolute atomic E-state index is 0.00287. The van der Waals surface area contributed by atoms with Gasteiger partial charge >= 0.3 is 12.1 Å². The summed E-state index contributed by atoms with van der Waals surface area (Å²) in [4.78, 5) is 25.1. The van der Waals surface area contributed by atoms with Crippen LogP contribution in [0.15, 0.2) is 27.6 Å². The van der Waals surface area contributed by atoms with E-state index in [0.29, 0.717) is 18.9 Å². The Morgan fingerprint density at radius 3 is 2.57 bits per heavy atom. The monoisotopic (exact) mass is 415 g/mol. The molecule has 28 heavy (non-hydrogen) atoms. The van der Waals surface area contributed by atoms with Crippen molar-refractivity contribution in [1.29, 1.82) is 0 Å². The molecular weight excluding hydrogens is 399 g/mol. The molecule has 0 spiro atoms. The van der Waals surface area contributed by atoms with Gasteiger partial charge in [0.15, 0.2) is 16.4 Å². The standard InChI is InChI=1S/C18H16F3NO5S/c1-3-26-17(24)14-13(16(27-22-14)9-4-5-9)15(23)11-7-6-10(28(2)25)8-12(11)18(19,20)21/h6-9H,3-5H2,1-2H3. The lowest BCUT2D eigenvalue weighted by Crippen LogP contribution is -2.18. The molecule has 1 fully saturated rings. The number of benzene rings is 1. The summed E-state index contributed by atoms with van der Waals surface area (Å²) in [6.07, 6.45) is -2.27. The Morgan fingerprint density at radius 1 is 1.36 bits per heavy atom. The number of halogens is 3. The van der Waals surface area contributed by atoms with Crippen molar-refractivity contribution >= 4 is 22.9 Å². The number of nitrogens with zero attached hydrogens (tertiary/aromatic N) is 1. The molecular formula is C18H16F3NO5S. The molecule has 1 saturated carbocycles. The van der Waals surface area contributed by atoms with Gasteiger partial charge in [-0.1, -0.05) is 5.16 Å². The molecule has 1 unspecified atom stereocenters. The number of carbonyl (C=O) groups excluding carboxylic acids is 2. The van der Waals surface area contributed by atoms with Crippen LogP contribution in [0.5, 0.6) is 0 Å².